The predicted molar refractivity (Wildman–Crippen MR) is 51.4 cm³/mol. The molecule has 0 aliphatic carbocycles. The summed E-state index contributed by atoms with van der Waals surface area (Å²) in [6, 6.07) is 0.316. The fourth-order valence-electron chi connectivity index (χ4n) is 1.51. The van der Waals surface area contributed by atoms with E-state index in [0.29, 0.717) is 12.8 Å². The lowest BCUT2D eigenvalue weighted by molar-refractivity contribution is 0.237. The van der Waals surface area contributed by atoms with Crippen molar-refractivity contribution < 1.29 is 13.5 Å². The lowest BCUT2D eigenvalue weighted by atomic mass is 10.1. The molecule has 13 heavy (non-hydrogen) atoms. The maximum Gasteiger partial charge on any atom is 0.150 e. The molecule has 1 aliphatic rings. The second-order valence-corrected chi connectivity index (χ2v) is 5.98. The van der Waals surface area contributed by atoms with Gasteiger partial charge in [-0.3, -0.25) is 0 Å². The van der Waals surface area contributed by atoms with E-state index in [4.69, 9.17) is 5.11 Å². The Kier molecular flexibility index (Phi) is 3.70. The van der Waals surface area contributed by atoms with Gasteiger partial charge in [0.15, 0.2) is 0 Å². The van der Waals surface area contributed by atoms with Crippen LogP contribution in [0.4, 0.5) is 0 Å². The third-order valence-corrected chi connectivity index (χ3v) is 4.06. The lowest BCUT2D eigenvalue weighted by Crippen LogP contribution is -2.43. The first-order valence-electron chi connectivity index (χ1n) is 4.61. The van der Waals surface area contributed by atoms with Gasteiger partial charge in [-0.15, -0.1) is 0 Å². The van der Waals surface area contributed by atoms with Gasteiger partial charge in [0.25, 0.3) is 0 Å². The van der Waals surface area contributed by atoms with Crippen molar-refractivity contribution in [3.63, 3.8) is 0 Å². The summed E-state index contributed by atoms with van der Waals surface area (Å²) in [5.41, 5.74) is 0. The van der Waals surface area contributed by atoms with E-state index in [-0.39, 0.29) is 30.2 Å². The van der Waals surface area contributed by atoms with E-state index in [1.165, 1.54) is 0 Å². The van der Waals surface area contributed by atoms with Crippen LogP contribution in [0.25, 0.3) is 0 Å². The molecule has 0 bridgehead atoms. The van der Waals surface area contributed by atoms with Crippen LogP contribution in [0.5, 0.6) is 0 Å². The summed E-state index contributed by atoms with van der Waals surface area (Å²) in [6.45, 7) is 1.99. The summed E-state index contributed by atoms with van der Waals surface area (Å²) in [5.74, 6) is 0.561. The molecule has 4 nitrogen and oxygen atoms in total. The largest absolute Gasteiger partial charge is 0.395 e. The first-order chi connectivity index (χ1) is 6.03. The summed E-state index contributed by atoms with van der Waals surface area (Å²) in [7, 11) is -2.76. The lowest BCUT2D eigenvalue weighted by Gasteiger charge is -2.25. The Hall–Kier alpha value is -0.130. The van der Waals surface area contributed by atoms with Gasteiger partial charge < -0.3 is 10.4 Å². The van der Waals surface area contributed by atoms with Crippen molar-refractivity contribution in [2.75, 3.05) is 18.1 Å². The third kappa shape index (κ3) is 3.62. The molecular weight excluding hydrogens is 190 g/mol. The fourth-order valence-corrected chi connectivity index (χ4v) is 3.00. The van der Waals surface area contributed by atoms with Crippen LogP contribution in [0, 0.1) is 0 Å². The van der Waals surface area contributed by atoms with Gasteiger partial charge in [0.1, 0.15) is 9.84 Å². The van der Waals surface area contributed by atoms with E-state index in [2.05, 4.69) is 5.32 Å². The molecule has 78 valence electrons. The van der Waals surface area contributed by atoms with Crippen molar-refractivity contribution in [3.8, 4) is 0 Å². The molecular formula is C8H17NO3S. The number of sulfone groups is 1. The van der Waals surface area contributed by atoms with Gasteiger partial charge in [-0.2, -0.15) is 0 Å². The summed E-state index contributed by atoms with van der Waals surface area (Å²) in [5, 5.41) is 12.0. The van der Waals surface area contributed by atoms with Gasteiger partial charge >= 0.3 is 0 Å². The van der Waals surface area contributed by atoms with Crippen molar-refractivity contribution in [3.05, 3.63) is 0 Å². The SMILES string of the molecule is CC(CO)NC1CCS(=O)(=O)CC1. The number of rotatable bonds is 3. The Morgan fingerprint density at radius 2 is 2.00 bits per heavy atom. The van der Waals surface area contributed by atoms with Crippen molar-refractivity contribution >= 4 is 9.84 Å². The van der Waals surface area contributed by atoms with Gasteiger partial charge in [-0.1, -0.05) is 0 Å². The molecule has 2 N–H and O–H groups in total. The van der Waals surface area contributed by atoms with E-state index in [1.54, 1.807) is 0 Å². The van der Waals surface area contributed by atoms with Crippen LogP contribution in [0.15, 0.2) is 0 Å². The Morgan fingerprint density at radius 3 is 2.46 bits per heavy atom. The number of hydrogen-bond acceptors (Lipinski definition) is 4. The first-order valence-corrected chi connectivity index (χ1v) is 6.43. The molecule has 0 aromatic heterocycles. The summed E-state index contributed by atoms with van der Waals surface area (Å²) < 4.78 is 22.1. The van der Waals surface area contributed by atoms with Crippen LogP contribution < -0.4 is 5.32 Å². The van der Waals surface area contributed by atoms with Crippen LogP contribution in [0.3, 0.4) is 0 Å². The summed E-state index contributed by atoms with van der Waals surface area (Å²) in [4.78, 5) is 0. The predicted octanol–water partition coefficient (Wildman–Crippen LogP) is -0.466. The number of hydrogen-bond donors (Lipinski definition) is 2. The van der Waals surface area contributed by atoms with Crippen LogP contribution in [-0.2, 0) is 9.84 Å². The van der Waals surface area contributed by atoms with Crippen molar-refractivity contribution in [1.29, 1.82) is 0 Å². The zero-order chi connectivity index (χ0) is 9.90. The molecule has 0 saturated carbocycles. The smallest absolute Gasteiger partial charge is 0.150 e. The van der Waals surface area contributed by atoms with Gasteiger partial charge in [0.05, 0.1) is 18.1 Å². The molecule has 0 radical (unpaired) electrons. The van der Waals surface area contributed by atoms with Crippen molar-refractivity contribution in [2.45, 2.75) is 31.8 Å². The van der Waals surface area contributed by atoms with Crippen molar-refractivity contribution in [1.82, 2.24) is 5.32 Å². The summed E-state index contributed by atoms with van der Waals surface area (Å²) in [6.07, 6.45) is 1.35. The van der Waals surface area contributed by atoms with E-state index < -0.39 is 9.84 Å². The highest BCUT2D eigenvalue weighted by atomic mass is 32.2. The average Bonchev–Trinajstić information content (AvgIpc) is 2.08. The minimum absolute atomic E-state index is 0.0609. The molecule has 1 atom stereocenters. The quantitative estimate of drug-likeness (QED) is 0.657. The zero-order valence-corrected chi connectivity index (χ0v) is 8.68. The molecule has 5 heteroatoms. The fraction of sp³-hybridized carbons (Fsp3) is 1.00. The van der Waals surface area contributed by atoms with E-state index >= 15 is 0 Å². The highest BCUT2D eigenvalue weighted by Crippen LogP contribution is 2.12. The minimum atomic E-state index is -2.76. The monoisotopic (exact) mass is 207 g/mol. The maximum atomic E-state index is 11.1. The van der Waals surface area contributed by atoms with Crippen LogP contribution >= 0.6 is 0 Å². The Balaban J connectivity index is 2.33. The Bertz CT molecular complexity index is 236. The Labute approximate surface area is 79.3 Å². The number of nitrogens with one attached hydrogen (secondary N) is 1. The average molecular weight is 207 g/mol. The topological polar surface area (TPSA) is 66.4 Å². The standard InChI is InChI=1S/C8H17NO3S/c1-7(6-10)9-8-2-4-13(11,12)5-3-8/h7-10H,2-6H2,1H3. The molecule has 0 spiro atoms. The second-order valence-electron chi connectivity index (χ2n) is 3.68. The zero-order valence-electron chi connectivity index (χ0n) is 7.86. The van der Waals surface area contributed by atoms with Gasteiger partial charge in [-0.05, 0) is 19.8 Å². The number of aliphatic hydroxyl groups is 1. The van der Waals surface area contributed by atoms with Crippen LogP contribution in [0.1, 0.15) is 19.8 Å². The van der Waals surface area contributed by atoms with Crippen molar-refractivity contribution in [2.24, 2.45) is 0 Å². The molecule has 1 heterocycles. The Morgan fingerprint density at radius 1 is 1.46 bits per heavy atom. The first kappa shape index (κ1) is 10.9. The summed E-state index contributed by atoms with van der Waals surface area (Å²) >= 11 is 0. The van der Waals surface area contributed by atoms with E-state index in [0.717, 1.165) is 0 Å². The third-order valence-electron chi connectivity index (χ3n) is 2.35. The second kappa shape index (κ2) is 4.39. The highest BCUT2D eigenvalue weighted by Gasteiger charge is 2.23. The van der Waals surface area contributed by atoms with Crippen LogP contribution in [0.2, 0.25) is 0 Å². The minimum Gasteiger partial charge on any atom is -0.395 e. The molecule has 1 unspecified atom stereocenters. The van der Waals surface area contributed by atoms with Gasteiger partial charge in [-0.25, -0.2) is 8.42 Å². The highest BCUT2D eigenvalue weighted by molar-refractivity contribution is 7.91. The molecule has 1 saturated heterocycles. The normalized spacial score (nSPS) is 25.7. The molecule has 0 amide bonds. The molecule has 1 aliphatic heterocycles. The van der Waals surface area contributed by atoms with E-state index in [9.17, 15) is 8.42 Å². The number of aliphatic hydroxyl groups excluding tert-OH is 1. The van der Waals surface area contributed by atoms with Gasteiger partial charge in [0.2, 0.25) is 0 Å². The molecule has 0 aromatic carbocycles. The van der Waals surface area contributed by atoms with E-state index in [1.807, 2.05) is 6.92 Å². The van der Waals surface area contributed by atoms with Gasteiger partial charge in [0, 0.05) is 12.1 Å². The maximum absolute atomic E-state index is 11.1. The van der Waals surface area contributed by atoms with Crippen LogP contribution in [-0.4, -0.2) is 43.7 Å². The molecule has 0 aromatic rings. The molecule has 1 fully saturated rings. The molecule has 1 rings (SSSR count).